The number of Topliss-reactive ketones (excluding diaryl/α,β-unsaturated/α-hetero) is 1. The van der Waals surface area contributed by atoms with E-state index in [1.54, 1.807) is 0 Å². The number of amides is 1. The molecule has 9 heteroatoms. The van der Waals surface area contributed by atoms with Crippen LogP contribution in [0.2, 0.25) is 0 Å². The Balaban J connectivity index is -0.00000141. The first kappa shape index (κ1) is 28.8. The quantitative estimate of drug-likeness (QED) is 0.391. The molecule has 0 aliphatic heterocycles. The van der Waals surface area contributed by atoms with Crippen LogP contribution in [0.25, 0.3) is 5.73 Å². The third kappa shape index (κ3) is 26.9. The van der Waals surface area contributed by atoms with Crippen LogP contribution in [0.15, 0.2) is 0 Å². The molecule has 0 rings (SSSR count). The molecule has 0 saturated heterocycles. The number of rotatable bonds is 15. The zero-order valence-corrected chi connectivity index (χ0v) is 17.9. The standard InChI is InChI=1S/C13H25N2O6.C2H6.Y/c1-12(16)10-20-8-7-19-5-3-15-13(17)11-21-9-6-18-4-2-14;1-2;/h14H,2-11H2,1H3,(H,15,17);1-2H3;/q-1;;. The van der Waals surface area contributed by atoms with Gasteiger partial charge in [-0.25, -0.2) is 0 Å². The van der Waals surface area contributed by atoms with E-state index < -0.39 is 0 Å². The number of nitrogens with one attached hydrogen (secondary N) is 2. The van der Waals surface area contributed by atoms with Gasteiger partial charge in [0.25, 0.3) is 0 Å². The molecule has 0 unspecified atom stereocenters. The number of carbonyl (C=O) groups excluding carboxylic acids is 2. The van der Waals surface area contributed by atoms with Gasteiger partial charge >= 0.3 is 0 Å². The largest absolute Gasteiger partial charge is 0.676 e. The molecule has 2 N–H and O–H groups in total. The molecule has 0 heterocycles. The van der Waals surface area contributed by atoms with Crippen molar-refractivity contribution in [3.05, 3.63) is 5.73 Å². The first-order chi connectivity index (χ1) is 11.2. The number of ketones is 1. The molecule has 0 aromatic rings. The number of hydrogen-bond acceptors (Lipinski definition) is 6. The topological polar surface area (TPSA) is 107 Å². The molecule has 0 aliphatic carbocycles. The second-order valence-electron chi connectivity index (χ2n) is 4.13. The number of ether oxygens (including phenoxy) is 4. The monoisotopic (exact) mass is 424 g/mol. The summed E-state index contributed by atoms with van der Waals surface area (Å²) in [5.74, 6) is -0.237. The van der Waals surface area contributed by atoms with E-state index in [0.717, 1.165) is 0 Å². The van der Waals surface area contributed by atoms with Gasteiger partial charge < -0.3 is 30.0 Å². The predicted octanol–water partition coefficient (Wildman–Crippen LogP) is 0.834. The summed E-state index contributed by atoms with van der Waals surface area (Å²) in [5.41, 5.74) is 6.85. The average molecular weight is 424 g/mol. The van der Waals surface area contributed by atoms with Crippen molar-refractivity contribution in [2.24, 2.45) is 0 Å². The van der Waals surface area contributed by atoms with Crippen LogP contribution in [0.3, 0.4) is 0 Å². The summed E-state index contributed by atoms with van der Waals surface area (Å²) in [6.45, 7) is 8.36. The Bertz CT molecular complexity index is 283. The molecule has 0 fully saturated rings. The minimum Gasteiger partial charge on any atom is -0.676 e. The molecule has 0 saturated carbocycles. The van der Waals surface area contributed by atoms with Gasteiger partial charge in [-0.1, -0.05) is 13.8 Å². The van der Waals surface area contributed by atoms with Crippen molar-refractivity contribution < 1.29 is 61.2 Å². The van der Waals surface area contributed by atoms with E-state index in [1.807, 2.05) is 13.8 Å². The molecule has 0 atom stereocenters. The molecular weight excluding hydrogens is 393 g/mol. The van der Waals surface area contributed by atoms with Crippen molar-refractivity contribution in [1.82, 2.24) is 5.32 Å². The van der Waals surface area contributed by atoms with Crippen molar-refractivity contribution in [2.75, 3.05) is 65.9 Å². The summed E-state index contributed by atoms with van der Waals surface area (Å²) in [7, 11) is 0. The van der Waals surface area contributed by atoms with Crippen LogP contribution in [0.4, 0.5) is 0 Å². The van der Waals surface area contributed by atoms with Gasteiger partial charge in [0.1, 0.15) is 13.2 Å². The van der Waals surface area contributed by atoms with Crippen molar-refractivity contribution in [3.63, 3.8) is 0 Å². The van der Waals surface area contributed by atoms with E-state index in [0.29, 0.717) is 46.2 Å². The fraction of sp³-hybridized carbons (Fsp3) is 0.867. The van der Waals surface area contributed by atoms with Gasteiger partial charge in [-0.05, 0) is 6.92 Å². The van der Waals surface area contributed by atoms with Gasteiger partial charge in [-0.3, -0.25) is 9.59 Å². The Morgan fingerprint density at radius 3 is 1.88 bits per heavy atom. The first-order valence-corrected chi connectivity index (χ1v) is 7.88. The van der Waals surface area contributed by atoms with Crippen molar-refractivity contribution in [3.8, 4) is 0 Å². The Kier molecular flexibility index (Phi) is 30.4. The van der Waals surface area contributed by atoms with Crippen molar-refractivity contribution in [1.29, 1.82) is 0 Å². The van der Waals surface area contributed by atoms with Crippen LogP contribution < -0.4 is 5.32 Å². The summed E-state index contributed by atoms with van der Waals surface area (Å²) < 4.78 is 20.3. The second kappa shape index (κ2) is 25.3. The molecule has 0 aromatic heterocycles. The van der Waals surface area contributed by atoms with Gasteiger partial charge in [0, 0.05) is 45.9 Å². The van der Waals surface area contributed by atoms with Crippen LogP contribution in [0.1, 0.15) is 20.8 Å². The third-order valence-electron chi connectivity index (χ3n) is 2.10. The molecule has 0 spiro atoms. The first-order valence-electron chi connectivity index (χ1n) is 7.88. The van der Waals surface area contributed by atoms with Crippen LogP contribution in [0, 0.1) is 0 Å². The molecule has 1 radical (unpaired) electrons. The summed E-state index contributed by atoms with van der Waals surface area (Å²) in [4.78, 5) is 21.9. The molecular formula is C15H31N2O6Y-. The van der Waals surface area contributed by atoms with Gasteiger partial charge in [-0.2, -0.15) is 0 Å². The van der Waals surface area contributed by atoms with E-state index in [9.17, 15) is 9.59 Å². The molecule has 24 heavy (non-hydrogen) atoms. The molecule has 0 aliphatic rings. The molecule has 8 nitrogen and oxygen atoms in total. The van der Waals surface area contributed by atoms with Gasteiger partial charge in [-0.15, -0.1) is 6.54 Å². The summed E-state index contributed by atoms with van der Waals surface area (Å²) in [6.07, 6.45) is 0. The molecule has 0 aromatic carbocycles. The van der Waals surface area contributed by atoms with Crippen molar-refractivity contribution >= 4 is 11.7 Å². The van der Waals surface area contributed by atoms with Crippen LogP contribution in [-0.4, -0.2) is 77.6 Å². The Morgan fingerprint density at radius 1 is 0.833 bits per heavy atom. The van der Waals surface area contributed by atoms with Crippen LogP contribution >= 0.6 is 0 Å². The fourth-order valence-electron chi connectivity index (χ4n) is 1.21. The number of hydrogen-bond donors (Lipinski definition) is 1. The van der Waals surface area contributed by atoms with E-state index in [4.69, 9.17) is 24.7 Å². The maximum Gasteiger partial charge on any atom is 0.246 e. The minimum absolute atomic E-state index is 0. The zero-order valence-electron chi connectivity index (χ0n) is 15.1. The normalized spacial score (nSPS) is 9.50. The SMILES string of the molecule is CC.CC(=O)COCCOCCNC(=O)COCCOCC[NH-].[Y]. The smallest absolute Gasteiger partial charge is 0.246 e. The van der Waals surface area contributed by atoms with E-state index in [-0.39, 0.29) is 64.2 Å². The maximum absolute atomic E-state index is 11.3. The minimum atomic E-state index is -0.216. The van der Waals surface area contributed by atoms with Crippen LogP contribution in [-0.2, 0) is 61.2 Å². The fourth-order valence-corrected chi connectivity index (χ4v) is 1.21. The molecule has 0 bridgehead atoms. The maximum atomic E-state index is 11.3. The van der Waals surface area contributed by atoms with E-state index in [1.165, 1.54) is 6.92 Å². The zero-order chi connectivity index (χ0) is 17.8. The third-order valence-corrected chi connectivity index (χ3v) is 2.10. The molecule has 141 valence electrons. The Morgan fingerprint density at radius 2 is 1.33 bits per heavy atom. The van der Waals surface area contributed by atoms with Gasteiger partial charge in [0.15, 0.2) is 5.78 Å². The summed E-state index contributed by atoms with van der Waals surface area (Å²) in [5, 5.41) is 2.64. The molecule has 1 amide bonds. The number of carbonyl (C=O) groups is 2. The summed E-state index contributed by atoms with van der Waals surface area (Å²) in [6, 6.07) is 0. The Hall–Kier alpha value is 0.0439. The van der Waals surface area contributed by atoms with Crippen LogP contribution in [0.5, 0.6) is 0 Å². The second-order valence-corrected chi connectivity index (χ2v) is 4.13. The Labute approximate surface area is 170 Å². The predicted molar refractivity (Wildman–Crippen MR) is 87.5 cm³/mol. The van der Waals surface area contributed by atoms with Crippen molar-refractivity contribution in [2.45, 2.75) is 20.8 Å². The van der Waals surface area contributed by atoms with Gasteiger partial charge in [0.2, 0.25) is 5.91 Å². The van der Waals surface area contributed by atoms with E-state index in [2.05, 4.69) is 5.32 Å². The van der Waals surface area contributed by atoms with E-state index >= 15 is 0 Å². The average Bonchev–Trinajstić information content (AvgIpc) is 2.55. The van der Waals surface area contributed by atoms with Gasteiger partial charge in [0.05, 0.1) is 33.0 Å². The summed E-state index contributed by atoms with van der Waals surface area (Å²) >= 11 is 0.